The van der Waals surface area contributed by atoms with Crippen LogP contribution >= 0.6 is 0 Å². The van der Waals surface area contributed by atoms with E-state index in [0.29, 0.717) is 0 Å². The molecule has 4 aliphatic heterocycles. The number of sulfonamides is 1. The first-order valence-corrected chi connectivity index (χ1v) is 16.8. The maximum Gasteiger partial charge on any atom is 0.289 e. The molecule has 7 rings (SSSR count). The summed E-state index contributed by atoms with van der Waals surface area (Å²) in [4.78, 5) is 10.5. The molecule has 4 bridgehead atoms. The standard InChI is InChI=1S/C32H35N3O11S/c36-28-25(22-17-44-32(45-22)30(28)42-16-20-11-5-2-6-12-20)33-26-27(34-47(39,40)24-14-8-7-13-21(24)35(37)38)31-43-18-23(46-31)29(26)41-15-19-9-3-1-4-10-19/h1-14,22-23,25-34,36H,15-18H2/t22-,23-,25-,26-,27-,28+,29-,30-,31-,32-/m1/s1. The fourth-order valence-electron chi connectivity index (χ4n) is 6.55. The molecule has 4 aliphatic rings. The summed E-state index contributed by atoms with van der Waals surface area (Å²) in [7, 11) is -4.49. The van der Waals surface area contributed by atoms with Crippen molar-refractivity contribution in [2.45, 2.75) is 79.3 Å². The van der Waals surface area contributed by atoms with Crippen LogP contribution in [0.25, 0.3) is 0 Å². The van der Waals surface area contributed by atoms with Crippen molar-refractivity contribution in [3.8, 4) is 0 Å². The van der Waals surface area contributed by atoms with Crippen molar-refractivity contribution >= 4 is 15.7 Å². The molecule has 4 saturated heterocycles. The average Bonchev–Trinajstić information content (AvgIpc) is 3.72. The summed E-state index contributed by atoms with van der Waals surface area (Å²) in [5.41, 5.74) is 1.21. The number of nitro groups is 1. The van der Waals surface area contributed by atoms with Gasteiger partial charge >= 0.3 is 0 Å². The number of para-hydroxylation sites is 1. The Bertz CT molecular complexity index is 1650. The molecule has 14 nitrogen and oxygen atoms in total. The lowest BCUT2D eigenvalue weighted by Gasteiger charge is -2.46. The normalized spacial score (nSPS) is 33.1. The molecule has 3 N–H and O–H groups in total. The van der Waals surface area contributed by atoms with E-state index < -0.39 is 86.8 Å². The van der Waals surface area contributed by atoms with Crippen LogP contribution in [0.4, 0.5) is 5.69 Å². The van der Waals surface area contributed by atoms with Gasteiger partial charge in [-0.1, -0.05) is 72.8 Å². The molecule has 3 aromatic rings. The van der Waals surface area contributed by atoms with Crippen molar-refractivity contribution in [1.82, 2.24) is 10.0 Å². The van der Waals surface area contributed by atoms with Crippen LogP contribution in [-0.2, 0) is 51.7 Å². The van der Waals surface area contributed by atoms with Gasteiger partial charge in [0.15, 0.2) is 17.5 Å². The molecule has 0 saturated carbocycles. The largest absolute Gasteiger partial charge is 0.388 e. The van der Waals surface area contributed by atoms with Gasteiger partial charge in [0.2, 0.25) is 10.0 Å². The quantitative estimate of drug-likeness (QED) is 0.188. The van der Waals surface area contributed by atoms with Crippen molar-refractivity contribution in [2.24, 2.45) is 0 Å². The zero-order valence-electron chi connectivity index (χ0n) is 25.1. The lowest BCUT2D eigenvalue weighted by molar-refractivity contribution is -0.387. The van der Waals surface area contributed by atoms with Crippen LogP contribution in [0.1, 0.15) is 11.1 Å². The van der Waals surface area contributed by atoms with Crippen molar-refractivity contribution in [3.63, 3.8) is 0 Å². The number of aliphatic hydroxyl groups is 1. The summed E-state index contributed by atoms with van der Waals surface area (Å²) in [6.45, 7) is 0.672. The Morgan fingerprint density at radius 1 is 0.766 bits per heavy atom. The number of nitro benzene ring substituents is 1. The van der Waals surface area contributed by atoms with Crippen molar-refractivity contribution in [3.05, 3.63) is 106 Å². The molecule has 15 heteroatoms. The lowest BCUT2D eigenvalue weighted by Crippen LogP contribution is -2.71. The van der Waals surface area contributed by atoms with E-state index in [1.54, 1.807) is 0 Å². The van der Waals surface area contributed by atoms with Gasteiger partial charge < -0.3 is 38.8 Å². The van der Waals surface area contributed by atoms with Gasteiger partial charge in [0.05, 0.1) is 49.5 Å². The van der Waals surface area contributed by atoms with Gasteiger partial charge in [0.1, 0.15) is 30.5 Å². The van der Waals surface area contributed by atoms with Crippen LogP contribution < -0.4 is 10.0 Å². The highest BCUT2D eigenvalue weighted by atomic mass is 32.2. The smallest absolute Gasteiger partial charge is 0.289 e. The minimum Gasteiger partial charge on any atom is -0.388 e. The monoisotopic (exact) mass is 669 g/mol. The number of hydrogen-bond acceptors (Lipinski definition) is 12. The molecule has 0 spiro atoms. The second kappa shape index (κ2) is 13.6. The molecule has 250 valence electrons. The molecule has 4 heterocycles. The maximum atomic E-state index is 13.8. The maximum absolute atomic E-state index is 13.8. The molecule has 0 aliphatic carbocycles. The molecular formula is C32H35N3O11S. The zero-order valence-corrected chi connectivity index (χ0v) is 25.9. The highest BCUT2D eigenvalue weighted by Crippen LogP contribution is 2.36. The van der Waals surface area contributed by atoms with Crippen LogP contribution in [0.5, 0.6) is 0 Å². The van der Waals surface area contributed by atoms with Crippen molar-refractivity contribution in [2.75, 3.05) is 13.2 Å². The predicted molar refractivity (Wildman–Crippen MR) is 163 cm³/mol. The molecule has 4 fully saturated rings. The van der Waals surface area contributed by atoms with Crippen LogP contribution in [0.15, 0.2) is 89.8 Å². The van der Waals surface area contributed by atoms with Gasteiger partial charge in [0, 0.05) is 6.07 Å². The van der Waals surface area contributed by atoms with Gasteiger partial charge in [-0.05, 0) is 17.2 Å². The first kappa shape index (κ1) is 32.2. The van der Waals surface area contributed by atoms with Crippen LogP contribution in [0.2, 0.25) is 0 Å². The zero-order chi connectivity index (χ0) is 32.5. The summed E-state index contributed by atoms with van der Waals surface area (Å²) >= 11 is 0. The van der Waals surface area contributed by atoms with E-state index in [-0.39, 0.29) is 26.4 Å². The molecule has 3 aromatic carbocycles. The van der Waals surface area contributed by atoms with E-state index in [0.717, 1.165) is 23.3 Å². The Labute approximate surface area is 271 Å². The first-order chi connectivity index (χ1) is 22.8. The van der Waals surface area contributed by atoms with E-state index in [1.165, 1.54) is 12.1 Å². The first-order valence-electron chi connectivity index (χ1n) is 15.3. The Kier molecular flexibility index (Phi) is 9.35. The van der Waals surface area contributed by atoms with E-state index in [4.69, 9.17) is 28.4 Å². The minimum atomic E-state index is -4.49. The number of hydrogen-bond donors (Lipinski definition) is 3. The topological polar surface area (TPSA) is 177 Å². The third-order valence-electron chi connectivity index (χ3n) is 8.84. The van der Waals surface area contributed by atoms with Gasteiger partial charge in [-0.15, -0.1) is 0 Å². The second-order valence-corrected chi connectivity index (χ2v) is 13.5. The third kappa shape index (κ3) is 6.69. The lowest BCUT2D eigenvalue weighted by atomic mass is 9.91. The predicted octanol–water partition coefficient (Wildman–Crippen LogP) is 1.61. The average molecular weight is 670 g/mol. The van der Waals surface area contributed by atoms with Crippen LogP contribution in [0, 0.1) is 10.1 Å². The molecule has 47 heavy (non-hydrogen) atoms. The fourth-order valence-corrected chi connectivity index (χ4v) is 7.97. The summed E-state index contributed by atoms with van der Waals surface area (Å²) in [6, 6.07) is 21.3. The molecule has 10 atom stereocenters. The van der Waals surface area contributed by atoms with E-state index in [2.05, 4.69) is 10.0 Å². The van der Waals surface area contributed by atoms with Gasteiger partial charge in [-0.2, -0.15) is 0 Å². The van der Waals surface area contributed by atoms with E-state index in [9.17, 15) is 23.6 Å². The van der Waals surface area contributed by atoms with Crippen LogP contribution in [0.3, 0.4) is 0 Å². The van der Waals surface area contributed by atoms with Gasteiger partial charge in [-0.3, -0.25) is 10.1 Å². The van der Waals surface area contributed by atoms with E-state index >= 15 is 0 Å². The van der Waals surface area contributed by atoms with Gasteiger partial charge in [-0.25, -0.2) is 13.1 Å². The number of aliphatic hydroxyl groups excluding tert-OH is 1. The van der Waals surface area contributed by atoms with Gasteiger partial charge in [0.25, 0.3) is 5.69 Å². The highest BCUT2D eigenvalue weighted by molar-refractivity contribution is 7.89. The number of nitrogens with one attached hydrogen (secondary N) is 2. The van der Waals surface area contributed by atoms with Crippen molar-refractivity contribution in [1.29, 1.82) is 0 Å². The second-order valence-electron chi connectivity index (χ2n) is 11.9. The molecule has 0 amide bonds. The third-order valence-corrected chi connectivity index (χ3v) is 10.3. The highest BCUT2D eigenvalue weighted by Gasteiger charge is 2.57. The summed E-state index contributed by atoms with van der Waals surface area (Å²) in [5.74, 6) is 0. The number of ether oxygens (including phenoxy) is 6. The molecular weight excluding hydrogens is 634 g/mol. The number of rotatable bonds is 12. The summed E-state index contributed by atoms with van der Waals surface area (Å²) in [5, 5.41) is 26.9. The minimum absolute atomic E-state index is 0.118. The number of nitrogens with zero attached hydrogens (tertiary/aromatic N) is 1. The molecule has 0 unspecified atom stereocenters. The van der Waals surface area contributed by atoms with Crippen molar-refractivity contribution < 1.29 is 46.9 Å². The molecule has 0 aromatic heterocycles. The number of fused-ring (bicyclic) bond motifs is 4. The summed E-state index contributed by atoms with van der Waals surface area (Å²) < 4.78 is 66.7. The Hall–Kier alpha value is -3.35. The Morgan fingerprint density at radius 2 is 1.34 bits per heavy atom. The Morgan fingerprint density at radius 3 is 2.02 bits per heavy atom. The van der Waals surface area contributed by atoms with Crippen LogP contribution in [-0.4, -0.2) is 92.9 Å². The van der Waals surface area contributed by atoms with E-state index in [1.807, 2.05) is 60.7 Å². The fraction of sp³-hybridized carbons (Fsp3) is 0.438. The Balaban J connectivity index is 1.19. The number of benzene rings is 3. The summed E-state index contributed by atoms with van der Waals surface area (Å²) in [6.07, 6.45) is -5.75. The SMILES string of the molecule is O=[N+]([O-])c1ccccc1S(=O)(=O)N[C@H]1[C@@H]2OC[C@@H](O2)[C@@H](OCc2ccccc2)[C@@H]1N[C@H]1[C@H](O)[C@@H](OCc2ccccc2)[C@@H]2OC[C@H]1O2. The molecule has 0 radical (unpaired) electrons.